The predicted molar refractivity (Wildman–Crippen MR) is 106 cm³/mol. The summed E-state index contributed by atoms with van der Waals surface area (Å²) in [5.74, 6) is -0.405. The minimum Gasteiger partial charge on any atom is -0.267 e. The Balaban J connectivity index is 1.79. The first-order valence-electron chi connectivity index (χ1n) is 9.15. The predicted octanol–water partition coefficient (Wildman–Crippen LogP) is 5.21. The number of aliphatic imine (C=N–C) groups is 1. The van der Waals surface area contributed by atoms with Crippen molar-refractivity contribution in [2.45, 2.75) is 24.9 Å². The second-order valence-electron chi connectivity index (χ2n) is 6.92. The molecule has 0 saturated heterocycles. The highest BCUT2D eigenvalue weighted by molar-refractivity contribution is 6.15. The lowest BCUT2D eigenvalue weighted by Crippen LogP contribution is -2.41. The lowest BCUT2D eigenvalue weighted by Gasteiger charge is -2.33. The van der Waals surface area contributed by atoms with E-state index >= 15 is 4.39 Å². The van der Waals surface area contributed by atoms with Gasteiger partial charge in [0.1, 0.15) is 0 Å². The van der Waals surface area contributed by atoms with Gasteiger partial charge < -0.3 is 0 Å². The van der Waals surface area contributed by atoms with Crippen LogP contribution in [0.5, 0.6) is 0 Å². The zero-order valence-corrected chi connectivity index (χ0v) is 14.9. The van der Waals surface area contributed by atoms with Gasteiger partial charge in [-0.1, -0.05) is 72.8 Å². The van der Waals surface area contributed by atoms with Crippen molar-refractivity contribution >= 4 is 11.6 Å². The van der Waals surface area contributed by atoms with Crippen molar-refractivity contribution in [3.8, 4) is 0 Å². The minimum absolute atomic E-state index is 0.211. The summed E-state index contributed by atoms with van der Waals surface area (Å²) in [6.45, 7) is 0. The molecule has 3 aromatic rings. The van der Waals surface area contributed by atoms with Crippen molar-refractivity contribution in [1.29, 1.82) is 0 Å². The number of benzene rings is 3. The van der Waals surface area contributed by atoms with Gasteiger partial charge in [0, 0.05) is 17.5 Å². The Bertz CT molecular complexity index is 982. The Morgan fingerprint density at radius 2 is 1.52 bits per heavy atom. The number of fused-ring (bicyclic) bond motifs is 1. The average Bonchev–Trinajstić information content (AvgIpc) is 2.71. The van der Waals surface area contributed by atoms with Crippen LogP contribution in [0.25, 0.3) is 0 Å². The molecule has 0 aliphatic heterocycles. The maximum atomic E-state index is 16.2. The third-order valence-electron chi connectivity index (χ3n) is 5.05. The SMILES string of the molecule is O=C(N=C1c2ccccc2CC[C@]1(F)Cc1ccccc1)c1ccccc1. The second kappa shape index (κ2) is 7.28. The van der Waals surface area contributed by atoms with Crippen LogP contribution in [0.15, 0.2) is 89.9 Å². The Morgan fingerprint density at radius 3 is 2.26 bits per heavy atom. The number of halogens is 1. The van der Waals surface area contributed by atoms with Crippen LogP contribution in [0.1, 0.15) is 33.5 Å². The Hall–Kier alpha value is -3.07. The average molecular weight is 357 g/mol. The van der Waals surface area contributed by atoms with E-state index in [2.05, 4.69) is 4.99 Å². The Morgan fingerprint density at radius 1 is 0.889 bits per heavy atom. The molecule has 3 heteroatoms. The highest BCUT2D eigenvalue weighted by atomic mass is 19.1. The van der Waals surface area contributed by atoms with E-state index in [9.17, 15) is 4.79 Å². The zero-order chi connectivity index (χ0) is 18.7. The molecule has 4 rings (SSSR count). The fourth-order valence-electron chi connectivity index (χ4n) is 3.66. The number of nitrogens with zero attached hydrogens (tertiary/aromatic N) is 1. The quantitative estimate of drug-likeness (QED) is 0.632. The van der Waals surface area contributed by atoms with Gasteiger partial charge in [0.25, 0.3) is 5.91 Å². The van der Waals surface area contributed by atoms with Crippen LogP contribution in [0.2, 0.25) is 0 Å². The number of carbonyl (C=O) groups excluding carboxylic acids is 1. The molecule has 2 nitrogen and oxygen atoms in total. The third-order valence-corrected chi connectivity index (χ3v) is 5.05. The summed E-state index contributed by atoms with van der Waals surface area (Å²) in [4.78, 5) is 17.0. The van der Waals surface area contributed by atoms with Gasteiger partial charge in [0.05, 0.1) is 5.71 Å². The topological polar surface area (TPSA) is 29.4 Å². The number of amides is 1. The first kappa shape index (κ1) is 17.3. The van der Waals surface area contributed by atoms with Crippen LogP contribution in [0, 0.1) is 0 Å². The molecule has 3 aromatic carbocycles. The summed E-state index contributed by atoms with van der Waals surface area (Å²) < 4.78 is 16.2. The van der Waals surface area contributed by atoms with E-state index in [-0.39, 0.29) is 12.1 Å². The standard InChI is InChI=1S/C24H20FNO/c25-24(17-18-9-3-1-4-10-18)16-15-19-11-7-8-14-21(19)22(24)26-23(27)20-12-5-2-6-13-20/h1-14H,15-17H2/t24-/m0/s1. The molecule has 0 unspecified atom stereocenters. The van der Waals surface area contributed by atoms with Gasteiger partial charge in [-0.2, -0.15) is 0 Å². The molecule has 0 N–H and O–H groups in total. The smallest absolute Gasteiger partial charge is 0.267 e. The van der Waals surface area contributed by atoms with Gasteiger partial charge in [-0.3, -0.25) is 4.79 Å². The number of hydrogen-bond acceptors (Lipinski definition) is 1. The molecular weight excluding hydrogens is 337 g/mol. The van der Waals surface area contributed by atoms with E-state index in [0.717, 1.165) is 16.7 Å². The molecule has 1 aliphatic rings. The van der Waals surface area contributed by atoms with Crippen LogP contribution in [-0.4, -0.2) is 17.3 Å². The molecule has 0 fully saturated rings. The first-order valence-corrected chi connectivity index (χ1v) is 9.15. The summed E-state index contributed by atoms with van der Waals surface area (Å²) in [5.41, 5.74) is 1.74. The molecule has 27 heavy (non-hydrogen) atoms. The number of alkyl halides is 1. The Kier molecular flexibility index (Phi) is 4.68. The van der Waals surface area contributed by atoms with E-state index in [0.29, 0.717) is 18.4 Å². The molecule has 134 valence electrons. The number of hydrogen-bond donors (Lipinski definition) is 0. The van der Waals surface area contributed by atoms with Crippen LogP contribution in [-0.2, 0) is 12.8 Å². The highest BCUT2D eigenvalue weighted by Crippen LogP contribution is 2.35. The van der Waals surface area contributed by atoms with Crippen molar-refractivity contribution in [3.05, 3.63) is 107 Å². The molecule has 1 aliphatic carbocycles. The summed E-state index contributed by atoms with van der Waals surface area (Å²) in [5, 5.41) is 0. The molecule has 0 heterocycles. The van der Waals surface area contributed by atoms with Gasteiger partial charge in [-0.05, 0) is 36.1 Å². The number of aryl methyl sites for hydroxylation is 1. The molecule has 0 aromatic heterocycles. The van der Waals surface area contributed by atoms with Gasteiger partial charge >= 0.3 is 0 Å². The maximum Gasteiger partial charge on any atom is 0.277 e. The summed E-state index contributed by atoms with van der Waals surface area (Å²) in [6, 6.07) is 26.0. The first-order chi connectivity index (χ1) is 13.2. The fraction of sp³-hybridized carbons (Fsp3) is 0.167. The van der Waals surface area contributed by atoms with Gasteiger partial charge in [-0.25, -0.2) is 9.38 Å². The molecule has 1 amide bonds. The summed E-state index contributed by atoms with van der Waals surface area (Å²) >= 11 is 0. The molecule has 0 bridgehead atoms. The van der Waals surface area contributed by atoms with E-state index in [1.165, 1.54) is 0 Å². The highest BCUT2D eigenvalue weighted by Gasteiger charge is 2.41. The largest absolute Gasteiger partial charge is 0.277 e. The molecule has 1 atom stereocenters. The van der Waals surface area contributed by atoms with Crippen LogP contribution < -0.4 is 0 Å². The summed E-state index contributed by atoms with van der Waals surface area (Å²) in [6.07, 6.45) is 1.17. The number of carbonyl (C=O) groups is 1. The van der Waals surface area contributed by atoms with Crippen molar-refractivity contribution in [1.82, 2.24) is 0 Å². The maximum absolute atomic E-state index is 16.2. The normalized spacial score (nSPS) is 20.3. The van der Waals surface area contributed by atoms with E-state index < -0.39 is 11.6 Å². The van der Waals surface area contributed by atoms with Crippen LogP contribution in [0.4, 0.5) is 4.39 Å². The monoisotopic (exact) mass is 357 g/mol. The lowest BCUT2D eigenvalue weighted by molar-refractivity contribution is 0.0999. The van der Waals surface area contributed by atoms with Crippen molar-refractivity contribution < 1.29 is 9.18 Å². The molecule has 0 saturated carbocycles. The second-order valence-corrected chi connectivity index (χ2v) is 6.92. The third kappa shape index (κ3) is 3.59. The zero-order valence-electron chi connectivity index (χ0n) is 14.9. The van der Waals surface area contributed by atoms with Gasteiger partial charge in [0.2, 0.25) is 0 Å². The van der Waals surface area contributed by atoms with E-state index in [1.54, 1.807) is 24.3 Å². The van der Waals surface area contributed by atoms with Crippen molar-refractivity contribution in [3.63, 3.8) is 0 Å². The van der Waals surface area contributed by atoms with Crippen molar-refractivity contribution in [2.75, 3.05) is 0 Å². The fourth-order valence-corrected chi connectivity index (χ4v) is 3.66. The number of rotatable bonds is 3. The Labute approximate surface area is 158 Å². The van der Waals surface area contributed by atoms with E-state index in [1.807, 2.05) is 60.7 Å². The molecule has 0 spiro atoms. The summed E-state index contributed by atoms with van der Waals surface area (Å²) in [7, 11) is 0. The van der Waals surface area contributed by atoms with Crippen LogP contribution in [0.3, 0.4) is 0 Å². The van der Waals surface area contributed by atoms with Crippen LogP contribution >= 0.6 is 0 Å². The minimum atomic E-state index is -1.67. The molecular formula is C24H20FNO. The van der Waals surface area contributed by atoms with Crippen molar-refractivity contribution in [2.24, 2.45) is 4.99 Å². The van der Waals surface area contributed by atoms with E-state index in [4.69, 9.17) is 0 Å². The van der Waals surface area contributed by atoms with Gasteiger partial charge in [-0.15, -0.1) is 0 Å². The van der Waals surface area contributed by atoms with Gasteiger partial charge in [0.15, 0.2) is 5.67 Å². The lowest BCUT2D eigenvalue weighted by atomic mass is 9.76. The molecule has 0 radical (unpaired) electrons.